The highest BCUT2D eigenvalue weighted by Crippen LogP contribution is 2.29. The van der Waals surface area contributed by atoms with Gasteiger partial charge in [0.2, 0.25) is 35.4 Å². The van der Waals surface area contributed by atoms with Crippen LogP contribution in [0.2, 0.25) is 0 Å². The van der Waals surface area contributed by atoms with Crippen LogP contribution in [0.5, 0.6) is 0 Å². The lowest BCUT2D eigenvalue weighted by Gasteiger charge is -2.28. The van der Waals surface area contributed by atoms with E-state index in [2.05, 4.69) is 26.6 Å². The number of rotatable bonds is 33. The quantitative estimate of drug-likeness (QED) is 0.0418. The summed E-state index contributed by atoms with van der Waals surface area (Å²) in [6.45, 7) is 6.76. The number of amides is 6. The first-order valence-electron chi connectivity index (χ1n) is 20.9. The maximum absolute atomic E-state index is 12.9. The fraction of sp³-hybridized carbons (Fsp3) is 0.775. The minimum absolute atomic E-state index is 0.0524. The molecule has 1 rings (SSSR count). The van der Waals surface area contributed by atoms with Gasteiger partial charge in [-0.2, -0.15) is 0 Å². The fourth-order valence-corrected chi connectivity index (χ4v) is 6.60. The van der Waals surface area contributed by atoms with Gasteiger partial charge in [-0.1, -0.05) is 19.8 Å². The van der Waals surface area contributed by atoms with Crippen molar-refractivity contribution >= 4 is 53.4 Å². The number of carboxylic acids is 3. The van der Waals surface area contributed by atoms with Crippen molar-refractivity contribution in [2.45, 2.75) is 154 Å². The maximum Gasteiger partial charge on any atom is 0.326 e. The van der Waals surface area contributed by atoms with E-state index in [0.717, 1.165) is 6.42 Å². The van der Waals surface area contributed by atoms with E-state index in [9.17, 15) is 48.3 Å². The zero-order chi connectivity index (χ0) is 45.1. The third kappa shape index (κ3) is 24.9. The minimum Gasteiger partial charge on any atom is -0.481 e. The van der Waals surface area contributed by atoms with Crippen molar-refractivity contribution in [3.8, 4) is 0 Å². The Bertz CT molecular complexity index is 1420. The van der Waals surface area contributed by atoms with Crippen molar-refractivity contribution in [1.29, 1.82) is 0 Å². The number of carbonyl (C=O) groups excluding carboxylic acids is 6. The summed E-state index contributed by atoms with van der Waals surface area (Å²) in [5.74, 6) is -6.64. The van der Waals surface area contributed by atoms with Crippen molar-refractivity contribution in [3.05, 3.63) is 0 Å². The first-order chi connectivity index (χ1) is 28.3. The van der Waals surface area contributed by atoms with E-state index in [0.29, 0.717) is 57.9 Å². The molecule has 0 heterocycles. The van der Waals surface area contributed by atoms with Gasteiger partial charge >= 0.3 is 17.9 Å². The molecule has 0 aliphatic heterocycles. The first kappa shape index (κ1) is 53.2. The summed E-state index contributed by atoms with van der Waals surface area (Å²) >= 11 is 0. The second-order valence-electron chi connectivity index (χ2n) is 15.8. The van der Waals surface area contributed by atoms with E-state index in [4.69, 9.17) is 25.4 Å². The van der Waals surface area contributed by atoms with E-state index >= 15 is 0 Å². The molecule has 20 nitrogen and oxygen atoms in total. The minimum atomic E-state index is -1.38. The largest absolute Gasteiger partial charge is 0.481 e. The SMILES string of the molecule is CCC[C@H](NC(=O)CCCCC(C)(C)OCCOCCNC(=O)[C@H](CCC(=O)O)NC(=O)CC[C@H](NC(=O)C1CCC(CNC(=O)CCCC(=O)O)CC1)C(=O)O)C(N)=O. The third-order valence-corrected chi connectivity index (χ3v) is 10.1. The Kier molecular flexibility index (Phi) is 26.0. The van der Waals surface area contributed by atoms with Crippen LogP contribution in [0.15, 0.2) is 0 Å². The predicted octanol–water partition coefficient (Wildman–Crippen LogP) is 1.12. The van der Waals surface area contributed by atoms with Crippen molar-refractivity contribution in [3.63, 3.8) is 0 Å². The highest BCUT2D eigenvalue weighted by atomic mass is 16.5. The summed E-state index contributed by atoms with van der Waals surface area (Å²) in [7, 11) is 0. The van der Waals surface area contributed by atoms with E-state index in [-0.39, 0.29) is 89.0 Å². The molecule has 0 radical (unpaired) electrons. The molecule has 6 amide bonds. The topological polar surface area (TPSA) is 319 Å². The van der Waals surface area contributed by atoms with Crippen LogP contribution in [0.25, 0.3) is 0 Å². The van der Waals surface area contributed by atoms with Gasteiger partial charge in [-0.3, -0.25) is 38.4 Å². The van der Waals surface area contributed by atoms with Crippen molar-refractivity contribution in [1.82, 2.24) is 26.6 Å². The normalized spacial score (nSPS) is 16.6. The number of nitrogens with two attached hydrogens (primary N) is 1. The van der Waals surface area contributed by atoms with Crippen LogP contribution in [-0.2, 0) is 52.6 Å². The van der Waals surface area contributed by atoms with Crippen LogP contribution in [0.1, 0.15) is 130 Å². The monoisotopic (exact) mass is 856 g/mol. The second-order valence-corrected chi connectivity index (χ2v) is 15.8. The van der Waals surface area contributed by atoms with Gasteiger partial charge in [0.05, 0.1) is 25.4 Å². The van der Waals surface area contributed by atoms with Gasteiger partial charge in [-0.25, -0.2) is 4.79 Å². The van der Waals surface area contributed by atoms with E-state index < -0.39 is 77.6 Å². The number of primary amides is 1. The Morgan fingerprint density at radius 1 is 0.667 bits per heavy atom. The molecule has 60 heavy (non-hydrogen) atoms. The summed E-state index contributed by atoms with van der Waals surface area (Å²) in [4.78, 5) is 108. The van der Waals surface area contributed by atoms with Gasteiger partial charge in [0, 0.05) is 51.1 Å². The van der Waals surface area contributed by atoms with Gasteiger partial charge in [0.1, 0.15) is 18.1 Å². The molecule has 0 bridgehead atoms. The highest BCUT2D eigenvalue weighted by Gasteiger charge is 2.30. The van der Waals surface area contributed by atoms with Gasteiger partial charge < -0.3 is 57.1 Å². The Hall–Kier alpha value is -4.85. The molecule has 342 valence electrons. The Morgan fingerprint density at radius 3 is 1.90 bits per heavy atom. The lowest BCUT2D eigenvalue weighted by molar-refractivity contribution is -0.143. The van der Waals surface area contributed by atoms with Crippen LogP contribution in [0.3, 0.4) is 0 Å². The number of hydrogen-bond donors (Lipinski definition) is 9. The zero-order valence-corrected chi connectivity index (χ0v) is 35.4. The summed E-state index contributed by atoms with van der Waals surface area (Å²) in [5, 5.41) is 40.6. The number of unbranched alkanes of at least 4 members (excludes halogenated alkanes) is 1. The predicted molar refractivity (Wildman–Crippen MR) is 216 cm³/mol. The number of aliphatic carboxylic acids is 3. The molecule has 1 aliphatic rings. The molecule has 3 atom stereocenters. The maximum atomic E-state index is 12.9. The number of carbonyl (C=O) groups is 9. The molecule has 1 fully saturated rings. The molecule has 10 N–H and O–H groups in total. The first-order valence-corrected chi connectivity index (χ1v) is 20.9. The summed E-state index contributed by atoms with van der Waals surface area (Å²) in [6.07, 6.45) is 4.66. The standard InChI is InChI=1S/C40H68N6O14/c1-4-8-28(36(41)54)44-32(48)9-5-6-20-40(2,3)60-24-23-59-22-21-42-38(56)29(17-19-35(52)53)45-33(49)18-16-30(39(57)58)46-37(55)27-14-12-26(13-15-27)25-43-31(47)10-7-11-34(50)51/h26-30H,4-25H2,1-3H3,(H2,41,54)(H,42,56)(H,43,47)(H,44,48)(H,45,49)(H,46,55)(H,50,51)(H,52,53)(H,57,58)/t26?,27?,28-,29-,30-/m0/s1. The van der Waals surface area contributed by atoms with Crippen LogP contribution < -0.4 is 32.3 Å². The molecule has 1 saturated carbocycles. The molecule has 0 unspecified atom stereocenters. The molecule has 1 aliphatic carbocycles. The molecule has 0 aromatic carbocycles. The van der Waals surface area contributed by atoms with E-state index in [1.54, 1.807) is 0 Å². The lowest BCUT2D eigenvalue weighted by atomic mass is 9.81. The van der Waals surface area contributed by atoms with Crippen molar-refractivity contribution < 1.29 is 67.9 Å². The van der Waals surface area contributed by atoms with E-state index in [1.807, 2.05) is 20.8 Å². The number of nitrogens with one attached hydrogen (secondary N) is 5. The molecule has 20 heteroatoms. The lowest BCUT2D eigenvalue weighted by Crippen LogP contribution is -2.48. The molecular formula is C40H68N6O14. The van der Waals surface area contributed by atoms with Crippen LogP contribution in [0, 0.1) is 11.8 Å². The van der Waals surface area contributed by atoms with Gasteiger partial charge in [-0.15, -0.1) is 0 Å². The van der Waals surface area contributed by atoms with Crippen LogP contribution in [0.4, 0.5) is 0 Å². The fourth-order valence-electron chi connectivity index (χ4n) is 6.60. The summed E-state index contributed by atoms with van der Waals surface area (Å²) in [5.41, 5.74) is 4.84. The van der Waals surface area contributed by atoms with Gasteiger partial charge in [-0.05, 0) is 84.0 Å². The van der Waals surface area contributed by atoms with Crippen molar-refractivity contribution in [2.75, 3.05) is 32.9 Å². The number of hydrogen-bond acceptors (Lipinski definition) is 11. The molecule has 0 aromatic rings. The smallest absolute Gasteiger partial charge is 0.326 e. The number of ether oxygens (including phenoxy) is 2. The average molecular weight is 857 g/mol. The Labute approximate surface area is 351 Å². The second kappa shape index (κ2) is 29.4. The van der Waals surface area contributed by atoms with Crippen LogP contribution >= 0.6 is 0 Å². The highest BCUT2D eigenvalue weighted by molar-refractivity contribution is 5.89. The Balaban J connectivity index is 2.42. The molecule has 0 spiro atoms. The van der Waals surface area contributed by atoms with Crippen molar-refractivity contribution in [2.24, 2.45) is 17.6 Å². The molecule has 0 saturated heterocycles. The average Bonchev–Trinajstić information content (AvgIpc) is 3.17. The molecule has 0 aromatic heterocycles. The zero-order valence-electron chi connectivity index (χ0n) is 35.4. The van der Waals surface area contributed by atoms with Crippen LogP contribution in [-0.4, -0.2) is 125 Å². The number of carboxylic acid groups (broad SMARTS) is 3. The summed E-state index contributed by atoms with van der Waals surface area (Å²) in [6, 6.07) is -3.26. The van der Waals surface area contributed by atoms with Gasteiger partial charge in [0.15, 0.2) is 0 Å². The molecular weight excluding hydrogens is 788 g/mol. The Morgan fingerprint density at radius 2 is 1.28 bits per heavy atom. The van der Waals surface area contributed by atoms with E-state index in [1.165, 1.54) is 0 Å². The van der Waals surface area contributed by atoms with Gasteiger partial charge in [0.25, 0.3) is 0 Å². The summed E-state index contributed by atoms with van der Waals surface area (Å²) < 4.78 is 11.5. The third-order valence-electron chi connectivity index (χ3n) is 10.1.